The molecule has 0 aromatic heterocycles. The summed E-state index contributed by atoms with van der Waals surface area (Å²) in [4.78, 5) is 26.7. The predicted octanol–water partition coefficient (Wildman–Crippen LogP) is 2.78. The summed E-state index contributed by atoms with van der Waals surface area (Å²) >= 11 is 0. The van der Waals surface area contributed by atoms with E-state index in [9.17, 15) is 18.0 Å². The van der Waals surface area contributed by atoms with Gasteiger partial charge in [0.25, 0.3) is 5.91 Å². The van der Waals surface area contributed by atoms with E-state index in [1.807, 2.05) is 38.1 Å². The molecule has 0 bridgehead atoms. The van der Waals surface area contributed by atoms with Gasteiger partial charge in [0.05, 0.1) is 16.5 Å². The van der Waals surface area contributed by atoms with Crippen molar-refractivity contribution in [3.8, 4) is 5.75 Å². The number of carbonyl (C=O) groups excluding carboxylic acids is 2. The van der Waals surface area contributed by atoms with Crippen molar-refractivity contribution >= 4 is 33.2 Å². The SMILES string of the molecule is CCN(C(=O)C1CCCN(S(=O)(=O)c2ccc3c(c2)NC(=O)CO3)C1)c1cccc(C)c1. The van der Waals surface area contributed by atoms with Crippen LogP contribution in [-0.4, -0.2) is 50.8 Å². The Balaban J connectivity index is 1.55. The third-order valence-electron chi connectivity index (χ3n) is 5.85. The summed E-state index contributed by atoms with van der Waals surface area (Å²) in [5.41, 5.74) is 2.22. The minimum absolute atomic E-state index is 0.0656. The smallest absolute Gasteiger partial charge is 0.262 e. The fourth-order valence-corrected chi connectivity index (χ4v) is 5.77. The van der Waals surface area contributed by atoms with Crippen LogP contribution in [0.4, 0.5) is 11.4 Å². The molecule has 1 atom stereocenters. The van der Waals surface area contributed by atoms with E-state index in [-0.39, 0.29) is 29.9 Å². The zero-order valence-corrected chi connectivity index (χ0v) is 19.0. The van der Waals surface area contributed by atoms with Crippen LogP contribution >= 0.6 is 0 Å². The zero-order valence-electron chi connectivity index (χ0n) is 18.2. The molecule has 0 spiro atoms. The highest BCUT2D eigenvalue weighted by Crippen LogP contribution is 2.33. The number of nitrogens with one attached hydrogen (secondary N) is 1. The number of hydrogen-bond acceptors (Lipinski definition) is 5. The lowest BCUT2D eigenvalue weighted by Gasteiger charge is -2.34. The number of piperidine rings is 1. The molecule has 32 heavy (non-hydrogen) atoms. The van der Waals surface area contributed by atoms with E-state index >= 15 is 0 Å². The van der Waals surface area contributed by atoms with Crippen molar-refractivity contribution in [1.82, 2.24) is 4.31 Å². The van der Waals surface area contributed by atoms with Gasteiger partial charge in [-0.25, -0.2) is 8.42 Å². The van der Waals surface area contributed by atoms with E-state index in [1.54, 1.807) is 11.0 Å². The first-order chi connectivity index (χ1) is 15.3. The lowest BCUT2D eigenvalue weighted by molar-refractivity contribution is -0.123. The van der Waals surface area contributed by atoms with Gasteiger partial charge >= 0.3 is 0 Å². The summed E-state index contributed by atoms with van der Waals surface area (Å²) in [5.74, 6) is -0.373. The molecule has 0 aliphatic carbocycles. The van der Waals surface area contributed by atoms with Gasteiger partial charge in [0.15, 0.2) is 6.61 Å². The fourth-order valence-electron chi connectivity index (χ4n) is 4.22. The number of carbonyl (C=O) groups is 2. The minimum Gasteiger partial charge on any atom is -0.482 e. The molecule has 4 rings (SSSR count). The molecule has 8 nitrogen and oxygen atoms in total. The molecule has 2 heterocycles. The van der Waals surface area contributed by atoms with Crippen LogP contribution in [0.25, 0.3) is 0 Å². The summed E-state index contributed by atoms with van der Waals surface area (Å²) in [6, 6.07) is 12.2. The molecule has 1 saturated heterocycles. The maximum atomic E-state index is 13.3. The summed E-state index contributed by atoms with van der Waals surface area (Å²) in [7, 11) is -3.83. The maximum absolute atomic E-state index is 13.3. The van der Waals surface area contributed by atoms with Crippen LogP contribution in [0.1, 0.15) is 25.3 Å². The Labute approximate surface area is 188 Å². The molecule has 0 saturated carbocycles. The third-order valence-corrected chi connectivity index (χ3v) is 7.71. The van der Waals surface area contributed by atoms with Crippen molar-refractivity contribution < 1.29 is 22.7 Å². The van der Waals surface area contributed by atoms with Crippen LogP contribution in [0.5, 0.6) is 5.75 Å². The van der Waals surface area contributed by atoms with E-state index in [0.717, 1.165) is 11.3 Å². The van der Waals surface area contributed by atoms with E-state index < -0.39 is 15.9 Å². The Hall–Kier alpha value is -2.91. The molecule has 1 N–H and O–H groups in total. The average molecular weight is 458 g/mol. The molecular formula is C23H27N3O5S. The number of fused-ring (bicyclic) bond motifs is 1. The number of aryl methyl sites for hydroxylation is 1. The first-order valence-corrected chi connectivity index (χ1v) is 12.2. The Kier molecular flexibility index (Phi) is 6.21. The number of nitrogens with zero attached hydrogens (tertiary/aromatic N) is 2. The zero-order chi connectivity index (χ0) is 22.9. The van der Waals surface area contributed by atoms with Crippen molar-refractivity contribution in [2.45, 2.75) is 31.6 Å². The van der Waals surface area contributed by atoms with Crippen molar-refractivity contribution in [2.24, 2.45) is 5.92 Å². The molecule has 9 heteroatoms. The normalized spacial score (nSPS) is 18.9. The van der Waals surface area contributed by atoms with E-state index in [1.165, 1.54) is 16.4 Å². The monoisotopic (exact) mass is 457 g/mol. The molecular weight excluding hydrogens is 430 g/mol. The number of benzene rings is 2. The molecule has 1 fully saturated rings. The molecule has 170 valence electrons. The highest BCUT2D eigenvalue weighted by molar-refractivity contribution is 7.89. The van der Waals surface area contributed by atoms with Crippen LogP contribution in [-0.2, 0) is 19.6 Å². The van der Waals surface area contributed by atoms with Gasteiger partial charge in [0.1, 0.15) is 5.75 Å². The highest BCUT2D eigenvalue weighted by atomic mass is 32.2. The van der Waals surface area contributed by atoms with E-state index in [0.29, 0.717) is 37.4 Å². The second-order valence-corrected chi connectivity index (χ2v) is 10.1. The van der Waals surface area contributed by atoms with Gasteiger partial charge in [-0.3, -0.25) is 9.59 Å². The largest absolute Gasteiger partial charge is 0.482 e. The summed E-state index contributed by atoms with van der Waals surface area (Å²) in [5, 5.41) is 2.64. The second kappa shape index (κ2) is 8.91. The van der Waals surface area contributed by atoms with Crippen molar-refractivity contribution in [3.63, 3.8) is 0 Å². The number of hydrogen-bond donors (Lipinski definition) is 1. The maximum Gasteiger partial charge on any atom is 0.262 e. The standard InChI is InChI=1S/C23H27N3O5S/c1-3-26(18-8-4-6-16(2)12-18)23(28)17-7-5-11-25(14-17)32(29,30)19-9-10-21-20(13-19)24-22(27)15-31-21/h4,6,8-10,12-13,17H,3,5,7,11,14-15H2,1-2H3,(H,24,27). The number of amides is 2. The molecule has 2 aromatic carbocycles. The van der Waals surface area contributed by atoms with Crippen molar-refractivity contribution in [3.05, 3.63) is 48.0 Å². The van der Waals surface area contributed by atoms with Crippen molar-refractivity contribution in [1.29, 1.82) is 0 Å². The molecule has 2 aromatic rings. The van der Waals surface area contributed by atoms with Gasteiger partial charge in [0, 0.05) is 25.3 Å². The number of rotatable bonds is 5. The molecule has 2 aliphatic heterocycles. The van der Waals surface area contributed by atoms with Crippen molar-refractivity contribution in [2.75, 3.05) is 36.5 Å². The molecule has 1 unspecified atom stereocenters. The molecule has 2 aliphatic rings. The Morgan fingerprint density at radius 2 is 2.06 bits per heavy atom. The summed E-state index contributed by atoms with van der Waals surface area (Å²) in [6.07, 6.45) is 1.24. The lowest BCUT2D eigenvalue weighted by Crippen LogP contribution is -2.46. The predicted molar refractivity (Wildman–Crippen MR) is 121 cm³/mol. The average Bonchev–Trinajstić information content (AvgIpc) is 2.79. The van der Waals surface area contributed by atoms with Gasteiger partial charge < -0.3 is 15.0 Å². The van der Waals surface area contributed by atoms with E-state index in [4.69, 9.17) is 4.74 Å². The third kappa shape index (κ3) is 4.35. The topological polar surface area (TPSA) is 96.0 Å². The van der Waals surface area contributed by atoms with Gasteiger partial charge in [-0.2, -0.15) is 4.31 Å². The van der Waals surface area contributed by atoms with E-state index in [2.05, 4.69) is 5.32 Å². The van der Waals surface area contributed by atoms with Crippen LogP contribution in [0, 0.1) is 12.8 Å². The second-order valence-electron chi connectivity index (χ2n) is 8.12. The minimum atomic E-state index is -3.83. The lowest BCUT2D eigenvalue weighted by atomic mass is 9.97. The van der Waals surface area contributed by atoms with Crippen LogP contribution in [0.15, 0.2) is 47.4 Å². The molecule has 0 radical (unpaired) electrons. The fraction of sp³-hybridized carbons (Fsp3) is 0.391. The Morgan fingerprint density at radius 3 is 2.81 bits per heavy atom. The Bertz CT molecular complexity index is 1150. The number of ether oxygens (including phenoxy) is 1. The van der Waals surface area contributed by atoms with Crippen LogP contribution in [0.3, 0.4) is 0 Å². The first kappa shape index (κ1) is 22.3. The summed E-state index contributed by atoms with van der Waals surface area (Å²) in [6.45, 7) is 4.79. The van der Waals surface area contributed by atoms with Gasteiger partial charge in [-0.1, -0.05) is 12.1 Å². The highest BCUT2D eigenvalue weighted by Gasteiger charge is 2.35. The van der Waals surface area contributed by atoms with Gasteiger partial charge in [-0.15, -0.1) is 0 Å². The first-order valence-electron chi connectivity index (χ1n) is 10.7. The molecule has 2 amide bonds. The quantitative estimate of drug-likeness (QED) is 0.745. The Morgan fingerprint density at radius 1 is 1.25 bits per heavy atom. The van der Waals surface area contributed by atoms with Gasteiger partial charge in [0.2, 0.25) is 15.9 Å². The number of sulfonamides is 1. The van der Waals surface area contributed by atoms with Gasteiger partial charge in [-0.05, 0) is 62.6 Å². The van der Waals surface area contributed by atoms with Crippen LogP contribution in [0.2, 0.25) is 0 Å². The van der Waals surface area contributed by atoms with Crippen LogP contribution < -0.4 is 15.0 Å². The summed E-state index contributed by atoms with van der Waals surface area (Å²) < 4.78 is 33.3. The number of anilines is 2.